The van der Waals surface area contributed by atoms with Crippen LogP contribution in [0.2, 0.25) is 0 Å². The fourth-order valence-electron chi connectivity index (χ4n) is 1.65. The molecule has 0 spiro atoms. The molecule has 1 aromatic carbocycles. The van der Waals surface area contributed by atoms with Gasteiger partial charge in [0.1, 0.15) is 0 Å². The summed E-state index contributed by atoms with van der Waals surface area (Å²) in [6.07, 6.45) is 4.19. The zero-order chi connectivity index (χ0) is 13.9. The third kappa shape index (κ3) is 3.50. The van der Waals surface area contributed by atoms with Crippen LogP contribution < -0.4 is 14.8 Å². The monoisotopic (exact) mass is 261 g/mol. The number of amides is 1. The van der Waals surface area contributed by atoms with E-state index in [0.29, 0.717) is 0 Å². The predicted octanol–water partition coefficient (Wildman–Crippen LogP) is 2.73. The number of carbonyl (C=O) groups is 1. The number of nitrogens with one attached hydrogen (secondary N) is 1. The van der Waals surface area contributed by atoms with Gasteiger partial charge in [0, 0.05) is 11.6 Å². The minimum atomic E-state index is -0.184. The van der Waals surface area contributed by atoms with Crippen molar-refractivity contribution >= 4 is 12.0 Å². The van der Waals surface area contributed by atoms with Crippen LogP contribution in [0.5, 0.6) is 11.5 Å². The first-order chi connectivity index (χ1) is 9.00. The average molecular weight is 261 g/mol. The second-order valence-corrected chi connectivity index (χ2v) is 5.17. The summed E-state index contributed by atoms with van der Waals surface area (Å²) in [7, 11) is 0. The van der Waals surface area contributed by atoms with Crippen molar-refractivity contribution in [3.63, 3.8) is 0 Å². The summed E-state index contributed by atoms with van der Waals surface area (Å²) < 4.78 is 10.5. The number of fused-ring (bicyclic) bond motifs is 1. The Kier molecular flexibility index (Phi) is 3.79. The molecule has 0 saturated carbocycles. The summed E-state index contributed by atoms with van der Waals surface area (Å²) >= 11 is 0. The van der Waals surface area contributed by atoms with E-state index in [2.05, 4.69) is 5.32 Å². The molecule has 0 unspecified atom stereocenters. The molecule has 2 rings (SSSR count). The summed E-state index contributed by atoms with van der Waals surface area (Å²) in [4.78, 5) is 11.8. The lowest BCUT2D eigenvalue weighted by Crippen LogP contribution is -2.41. The van der Waals surface area contributed by atoms with Gasteiger partial charge < -0.3 is 14.8 Å². The van der Waals surface area contributed by atoms with Crippen LogP contribution in [0.1, 0.15) is 32.8 Å². The SMILES string of the molecule is CCC(C)(C)NC(=O)/C=C/c1ccc2c(c1)OCO2. The summed E-state index contributed by atoms with van der Waals surface area (Å²) in [6.45, 7) is 6.30. The molecule has 1 aliphatic heterocycles. The number of hydrogen-bond acceptors (Lipinski definition) is 3. The molecule has 1 heterocycles. The van der Waals surface area contributed by atoms with E-state index in [9.17, 15) is 4.79 Å². The third-order valence-corrected chi connectivity index (χ3v) is 3.17. The lowest BCUT2D eigenvalue weighted by molar-refractivity contribution is -0.117. The predicted molar refractivity (Wildman–Crippen MR) is 74.1 cm³/mol. The summed E-state index contributed by atoms with van der Waals surface area (Å²) in [5.74, 6) is 1.37. The molecule has 1 N–H and O–H groups in total. The Morgan fingerprint density at radius 1 is 1.37 bits per heavy atom. The Hall–Kier alpha value is -1.97. The Labute approximate surface area is 113 Å². The molecule has 1 aromatic rings. The van der Waals surface area contributed by atoms with E-state index < -0.39 is 0 Å². The maximum Gasteiger partial charge on any atom is 0.244 e. The van der Waals surface area contributed by atoms with Crippen molar-refractivity contribution in [3.05, 3.63) is 29.8 Å². The molecule has 4 nitrogen and oxygen atoms in total. The van der Waals surface area contributed by atoms with Crippen LogP contribution in [0, 0.1) is 0 Å². The van der Waals surface area contributed by atoms with Gasteiger partial charge in [-0.2, -0.15) is 0 Å². The lowest BCUT2D eigenvalue weighted by atomic mass is 10.0. The summed E-state index contributed by atoms with van der Waals surface area (Å²) in [5.41, 5.74) is 0.727. The minimum Gasteiger partial charge on any atom is -0.454 e. The normalized spacial score (nSPS) is 13.8. The molecule has 1 aliphatic rings. The van der Waals surface area contributed by atoms with Crippen molar-refractivity contribution < 1.29 is 14.3 Å². The summed E-state index contributed by atoms with van der Waals surface area (Å²) in [5, 5.41) is 2.95. The van der Waals surface area contributed by atoms with Crippen molar-refractivity contribution in [1.82, 2.24) is 5.32 Å². The van der Waals surface area contributed by atoms with Gasteiger partial charge in [-0.05, 0) is 44.0 Å². The van der Waals surface area contributed by atoms with E-state index in [4.69, 9.17) is 9.47 Å². The van der Waals surface area contributed by atoms with E-state index >= 15 is 0 Å². The van der Waals surface area contributed by atoms with Gasteiger partial charge in [0.15, 0.2) is 11.5 Å². The number of rotatable bonds is 4. The minimum absolute atomic E-state index is 0.0930. The molecule has 0 atom stereocenters. The van der Waals surface area contributed by atoms with Crippen LogP contribution in [-0.2, 0) is 4.79 Å². The van der Waals surface area contributed by atoms with Crippen LogP contribution in [0.25, 0.3) is 6.08 Å². The first kappa shape index (κ1) is 13.5. The average Bonchev–Trinajstić information content (AvgIpc) is 2.83. The Balaban J connectivity index is 2.01. The highest BCUT2D eigenvalue weighted by Gasteiger charge is 2.16. The van der Waals surface area contributed by atoms with Crippen LogP contribution in [0.15, 0.2) is 24.3 Å². The maximum absolute atomic E-state index is 11.8. The van der Waals surface area contributed by atoms with Crippen LogP contribution in [-0.4, -0.2) is 18.2 Å². The highest BCUT2D eigenvalue weighted by molar-refractivity contribution is 5.92. The maximum atomic E-state index is 11.8. The largest absolute Gasteiger partial charge is 0.454 e. The van der Waals surface area contributed by atoms with Gasteiger partial charge in [0.2, 0.25) is 12.7 Å². The Morgan fingerprint density at radius 2 is 2.11 bits per heavy atom. The van der Waals surface area contributed by atoms with Gasteiger partial charge in [0.05, 0.1) is 0 Å². The van der Waals surface area contributed by atoms with Gasteiger partial charge in [0.25, 0.3) is 0 Å². The topological polar surface area (TPSA) is 47.6 Å². The van der Waals surface area contributed by atoms with E-state index in [1.165, 1.54) is 6.08 Å². The molecule has 4 heteroatoms. The molecule has 19 heavy (non-hydrogen) atoms. The van der Waals surface area contributed by atoms with E-state index in [1.54, 1.807) is 6.08 Å². The van der Waals surface area contributed by atoms with Gasteiger partial charge in [-0.3, -0.25) is 4.79 Å². The number of ether oxygens (including phenoxy) is 2. The number of hydrogen-bond donors (Lipinski definition) is 1. The second kappa shape index (κ2) is 5.34. The third-order valence-electron chi connectivity index (χ3n) is 3.17. The lowest BCUT2D eigenvalue weighted by Gasteiger charge is -2.23. The molecular weight excluding hydrogens is 242 g/mol. The van der Waals surface area contributed by atoms with Crippen LogP contribution in [0.4, 0.5) is 0 Å². The summed E-state index contributed by atoms with van der Waals surface area (Å²) in [6, 6.07) is 5.59. The second-order valence-electron chi connectivity index (χ2n) is 5.17. The van der Waals surface area contributed by atoms with Crippen molar-refractivity contribution in [1.29, 1.82) is 0 Å². The highest BCUT2D eigenvalue weighted by atomic mass is 16.7. The first-order valence-corrected chi connectivity index (χ1v) is 6.40. The quantitative estimate of drug-likeness (QED) is 0.848. The molecule has 0 aromatic heterocycles. The van der Waals surface area contributed by atoms with Crippen LogP contribution >= 0.6 is 0 Å². The van der Waals surface area contributed by atoms with Gasteiger partial charge in [-0.1, -0.05) is 13.0 Å². The number of carbonyl (C=O) groups excluding carboxylic acids is 1. The van der Waals surface area contributed by atoms with E-state index in [1.807, 2.05) is 39.0 Å². The van der Waals surface area contributed by atoms with Crippen molar-refractivity contribution in [2.75, 3.05) is 6.79 Å². The molecule has 102 valence electrons. The van der Waals surface area contributed by atoms with Gasteiger partial charge in [-0.15, -0.1) is 0 Å². The molecular formula is C15H19NO3. The van der Waals surface area contributed by atoms with Gasteiger partial charge in [-0.25, -0.2) is 0 Å². The number of benzene rings is 1. The fourth-order valence-corrected chi connectivity index (χ4v) is 1.65. The van der Waals surface area contributed by atoms with Gasteiger partial charge >= 0.3 is 0 Å². The zero-order valence-corrected chi connectivity index (χ0v) is 11.5. The van der Waals surface area contributed by atoms with E-state index in [-0.39, 0.29) is 18.2 Å². The van der Waals surface area contributed by atoms with Crippen molar-refractivity contribution in [2.24, 2.45) is 0 Å². The Bertz CT molecular complexity index is 506. The standard InChI is InChI=1S/C15H19NO3/c1-4-15(2,3)16-14(17)8-6-11-5-7-12-13(9-11)19-10-18-12/h5-9H,4,10H2,1-3H3,(H,16,17)/b8-6+. The molecule has 0 bridgehead atoms. The van der Waals surface area contributed by atoms with Crippen molar-refractivity contribution in [3.8, 4) is 11.5 Å². The fraction of sp³-hybridized carbons (Fsp3) is 0.400. The Morgan fingerprint density at radius 3 is 2.84 bits per heavy atom. The highest BCUT2D eigenvalue weighted by Crippen LogP contribution is 2.32. The molecule has 0 radical (unpaired) electrons. The van der Waals surface area contributed by atoms with Crippen LogP contribution in [0.3, 0.4) is 0 Å². The molecule has 0 fully saturated rings. The molecule has 1 amide bonds. The zero-order valence-electron chi connectivity index (χ0n) is 11.5. The smallest absolute Gasteiger partial charge is 0.244 e. The van der Waals surface area contributed by atoms with Crippen molar-refractivity contribution in [2.45, 2.75) is 32.7 Å². The molecule has 0 aliphatic carbocycles. The van der Waals surface area contributed by atoms with E-state index in [0.717, 1.165) is 23.5 Å². The first-order valence-electron chi connectivity index (χ1n) is 6.40. The molecule has 0 saturated heterocycles.